The Morgan fingerprint density at radius 2 is 2.00 bits per heavy atom. The van der Waals surface area contributed by atoms with Crippen LogP contribution in [0.25, 0.3) is 0 Å². The Morgan fingerprint density at radius 3 is 2.42 bits per heavy atom. The number of ether oxygens (including phenoxy) is 2. The maximum Gasteiger partial charge on any atom is 0.508 e. The first-order valence-corrected chi connectivity index (χ1v) is 4.19. The highest BCUT2D eigenvalue weighted by atomic mass is 16.7. The highest BCUT2D eigenvalue weighted by Crippen LogP contribution is 1.99. The molecule has 0 saturated heterocycles. The third-order valence-corrected chi connectivity index (χ3v) is 1.29. The van der Waals surface area contributed by atoms with E-state index in [4.69, 9.17) is 9.47 Å². The van der Waals surface area contributed by atoms with Crippen LogP contribution in [0, 0.1) is 12.3 Å². The van der Waals surface area contributed by atoms with E-state index in [9.17, 15) is 4.79 Å². The van der Waals surface area contributed by atoms with E-state index < -0.39 is 6.16 Å². The van der Waals surface area contributed by atoms with E-state index in [2.05, 4.69) is 0 Å². The smallest absolute Gasteiger partial charge is 0.434 e. The summed E-state index contributed by atoms with van der Waals surface area (Å²) < 4.78 is 9.63. The third-order valence-electron chi connectivity index (χ3n) is 1.29. The van der Waals surface area contributed by atoms with Gasteiger partial charge in [-0.15, -0.1) is 0 Å². The van der Waals surface area contributed by atoms with Crippen molar-refractivity contribution in [2.45, 2.75) is 33.8 Å². The fourth-order valence-corrected chi connectivity index (χ4v) is 0.489. The van der Waals surface area contributed by atoms with Gasteiger partial charge in [-0.05, 0) is 19.3 Å². The topological polar surface area (TPSA) is 35.5 Å². The lowest BCUT2D eigenvalue weighted by atomic mass is 10.2. The van der Waals surface area contributed by atoms with Crippen molar-refractivity contribution in [1.82, 2.24) is 0 Å². The molecule has 0 aromatic rings. The number of carbonyl (C=O) groups is 1. The van der Waals surface area contributed by atoms with Gasteiger partial charge in [0.25, 0.3) is 0 Å². The van der Waals surface area contributed by atoms with Crippen molar-refractivity contribution in [3.05, 3.63) is 6.42 Å². The first kappa shape index (κ1) is 11.3. The van der Waals surface area contributed by atoms with Crippen molar-refractivity contribution in [2.75, 3.05) is 6.61 Å². The Labute approximate surface area is 74.0 Å². The summed E-state index contributed by atoms with van der Waals surface area (Å²) in [4.78, 5) is 10.9. The van der Waals surface area contributed by atoms with Gasteiger partial charge in [0.1, 0.15) is 6.10 Å². The van der Waals surface area contributed by atoms with Gasteiger partial charge in [-0.1, -0.05) is 20.8 Å². The van der Waals surface area contributed by atoms with Crippen LogP contribution < -0.4 is 0 Å². The van der Waals surface area contributed by atoms with Crippen LogP contribution in [0.4, 0.5) is 4.79 Å². The number of rotatable bonds is 4. The Hall–Kier alpha value is -0.730. The van der Waals surface area contributed by atoms with E-state index in [-0.39, 0.29) is 6.10 Å². The molecule has 12 heavy (non-hydrogen) atoms. The van der Waals surface area contributed by atoms with E-state index in [0.29, 0.717) is 12.5 Å². The summed E-state index contributed by atoms with van der Waals surface area (Å²) in [6.07, 6.45) is 1.02. The molecule has 0 heterocycles. The standard InChI is InChI=1S/C9H17O3/c1-5-8(4)12-9(10)11-6-7(2)3/h5,7-8H,6H2,1-4H3/t8-/m0/s1. The minimum atomic E-state index is -0.589. The second-order valence-corrected chi connectivity index (χ2v) is 3.11. The lowest BCUT2D eigenvalue weighted by molar-refractivity contribution is 0.0314. The summed E-state index contributed by atoms with van der Waals surface area (Å²) in [5.41, 5.74) is 0. The normalized spacial score (nSPS) is 12.8. The summed E-state index contributed by atoms with van der Waals surface area (Å²) in [5, 5.41) is 0. The van der Waals surface area contributed by atoms with Crippen molar-refractivity contribution in [3.63, 3.8) is 0 Å². The molecule has 0 aliphatic carbocycles. The number of hydrogen-bond donors (Lipinski definition) is 0. The summed E-state index contributed by atoms with van der Waals surface area (Å²) in [6.45, 7) is 7.98. The molecule has 0 aromatic carbocycles. The van der Waals surface area contributed by atoms with E-state index in [1.807, 2.05) is 20.8 Å². The van der Waals surface area contributed by atoms with Crippen LogP contribution >= 0.6 is 0 Å². The molecule has 0 bridgehead atoms. The van der Waals surface area contributed by atoms with E-state index >= 15 is 0 Å². The molecule has 0 spiro atoms. The van der Waals surface area contributed by atoms with Crippen LogP contribution in [-0.2, 0) is 9.47 Å². The molecule has 0 rings (SSSR count). The Morgan fingerprint density at radius 1 is 1.42 bits per heavy atom. The zero-order chi connectivity index (χ0) is 9.56. The van der Waals surface area contributed by atoms with Gasteiger partial charge in [-0.25, -0.2) is 4.79 Å². The third kappa shape index (κ3) is 6.01. The summed E-state index contributed by atoms with van der Waals surface area (Å²) in [5.74, 6) is 0.346. The molecule has 0 saturated carbocycles. The largest absolute Gasteiger partial charge is 0.508 e. The van der Waals surface area contributed by atoms with E-state index in [1.54, 1.807) is 13.3 Å². The molecule has 0 fully saturated rings. The molecule has 3 heteroatoms. The molecule has 3 nitrogen and oxygen atoms in total. The van der Waals surface area contributed by atoms with Gasteiger partial charge >= 0.3 is 6.16 Å². The SMILES string of the molecule is C[CH][C@H](C)OC(=O)OCC(C)C. The zero-order valence-corrected chi connectivity index (χ0v) is 8.16. The molecular formula is C9H17O3. The minimum absolute atomic E-state index is 0.176. The lowest BCUT2D eigenvalue weighted by Gasteiger charge is -2.11. The Balaban J connectivity index is 3.46. The van der Waals surface area contributed by atoms with Gasteiger partial charge in [0.05, 0.1) is 6.61 Å². The molecular weight excluding hydrogens is 156 g/mol. The van der Waals surface area contributed by atoms with Gasteiger partial charge in [-0.2, -0.15) is 0 Å². The minimum Gasteiger partial charge on any atom is -0.434 e. The van der Waals surface area contributed by atoms with Gasteiger partial charge in [0.2, 0.25) is 0 Å². The first-order chi connectivity index (χ1) is 5.56. The van der Waals surface area contributed by atoms with Crippen molar-refractivity contribution in [2.24, 2.45) is 5.92 Å². The number of carbonyl (C=O) groups excluding carboxylic acids is 1. The van der Waals surface area contributed by atoms with E-state index in [0.717, 1.165) is 0 Å². The predicted molar refractivity (Wildman–Crippen MR) is 46.7 cm³/mol. The van der Waals surface area contributed by atoms with Crippen molar-refractivity contribution >= 4 is 6.16 Å². The second kappa shape index (κ2) is 5.86. The van der Waals surface area contributed by atoms with Crippen LogP contribution in [0.5, 0.6) is 0 Å². The quantitative estimate of drug-likeness (QED) is 0.612. The summed E-state index contributed by atoms with van der Waals surface area (Å²) >= 11 is 0. The molecule has 0 amide bonds. The zero-order valence-electron chi connectivity index (χ0n) is 8.16. The lowest BCUT2D eigenvalue weighted by Crippen LogP contribution is -2.17. The molecule has 0 aromatic heterocycles. The maximum atomic E-state index is 10.9. The summed E-state index contributed by atoms with van der Waals surface area (Å²) in [7, 11) is 0. The highest BCUT2D eigenvalue weighted by Gasteiger charge is 2.08. The number of hydrogen-bond acceptors (Lipinski definition) is 3. The van der Waals surface area contributed by atoms with Gasteiger partial charge in [0, 0.05) is 0 Å². The fourth-order valence-electron chi connectivity index (χ4n) is 0.489. The van der Waals surface area contributed by atoms with Crippen LogP contribution in [0.15, 0.2) is 0 Å². The van der Waals surface area contributed by atoms with Gasteiger partial charge < -0.3 is 9.47 Å². The van der Waals surface area contributed by atoms with Crippen LogP contribution in [-0.4, -0.2) is 18.9 Å². The monoisotopic (exact) mass is 173 g/mol. The molecule has 0 N–H and O–H groups in total. The van der Waals surface area contributed by atoms with Crippen LogP contribution in [0.1, 0.15) is 27.7 Å². The molecule has 1 radical (unpaired) electrons. The predicted octanol–water partition coefficient (Wildman–Crippen LogP) is 2.41. The van der Waals surface area contributed by atoms with Crippen molar-refractivity contribution < 1.29 is 14.3 Å². The average Bonchev–Trinajstić information content (AvgIpc) is 2.00. The van der Waals surface area contributed by atoms with E-state index in [1.165, 1.54) is 0 Å². The summed E-state index contributed by atoms with van der Waals surface area (Å²) in [6, 6.07) is 0. The van der Waals surface area contributed by atoms with Crippen molar-refractivity contribution in [1.29, 1.82) is 0 Å². The second-order valence-electron chi connectivity index (χ2n) is 3.11. The molecule has 0 aliphatic heterocycles. The first-order valence-electron chi connectivity index (χ1n) is 4.19. The molecule has 1 atom stereocenters. The molecule has 0 aliphatic rings. The highest BCUT2D eigenvalue weighted by molar-refractivity contribution is 5.60. The van der Waals surface area contributed by atoms with Gasteiger partial charge in [0.15, 0.2) is 0 Å². The van der Waals surface area contributed by atoms with Crippen LogP contribution in [0.2, 0.25) is 0 Å². The average molecular weight is 173 g/mol. The Bertz CT molecular complexity index is 132. The van der Waals surface area contributed by atoms with Crippen molar-refractivity contribution in [3.8, 4) is 0 Å². The van der Waals surface area contributed by atoms with Crippen LogP contribution in [0.3, 0.4) is 0 Å². The Kier molecular flexibility index (Phi) is 5.51. The fraction of sp³-hybridized carbons (Fsp3) is 0.778. The van der Waals surface area contributed by atoms with Gasteiger partial charge in [-0.3, -0.25) is 0 Å². The maximum absolute atomic E-state index is 10.9. The molecule has 71 valence electrons. The molecule has 0 unspecified atom stereocenters.